The summed E-state index contributed by atoms with van der Waals surface area (Å²) in [4.78, 5) is 12.4. The molecule has 164 valence electrons. The lowest BCUT2D eigenvalue weighted by molar-refractivity contribution is -0.116. The van der Waals surface area contributed by atoms with Crippen LogP contribution in [0.4, 0.5) is 0 Å². The molecule has 3 rings (SSSR count). The number of halogens is 1. The first-order valence-electron chi connectivity index (χ1n) is 10.3. The molecule has 1 N–H and O–H groups in total. The van der Waals surface area contributed by atoms with Crippen molar-refractivity contribution in [3.8, 4) is 16.9 Å². The van der Waals surface area contributed by atoms with Crippen molar-refractivity contribution in [2.45, 2.75) is 27.2 Å². The van der Waals surface area contributed by atoms with Crippen molar-refractivity contribution >= 4 is 38.4 Å². The van der Waals surface area contributed by atoms with Crippen LogP contribution in [0.2, 0.25) is 0 Å². The molecule has 0 saturated heterocycles. The Balaban J connectivity index is 1.95. The highest BCUT2D eigenvalue weighted by Gasteiger charge is 2.18. The number of carbonyl (C=O) groups excluding carboxylic acids is 1. The van der Waals surface area contributed by atoms with E-state index in [1.807, 2.05) is 45.0 Å². The maximum atomic E-state index is 12.4. The minimum atomic E-state index is -0.131. The van der Waals surface area contributed by atoms with E-state index in [2.05, 4.69) is 27.3 Å². The first kappa shape index (κ1) is 23.1. The molecule has 1 aromatic heterocycles. The maximum absolute atomic E-state index is 12.4. The van der Waals surface area contributed by atoms with E-state index in [0.29, 0.717) is 25.5 Å². The first-order chi connectivity index (χ1) is 15.0. The molecule has 0 aliphatic carbocycles. The van der Waals surface area contributed by atoms with Crippen LogP contribution in [0.3, 0.4) is 0 Å². The summed E-state index contributed by atoms with van der Waals surface area (Å²) in [5.74, 6) is 0.578. The zero-order valence-electron chi connectivity index (χ0n) is 18.4. The van der Waals surface area contributed by atoms with Crippen LogP contribution in [0.15, 0.2) is 51.6 Å². The minimum absolute atomic E-state index is 0.131. The van der Waals surface area contributed by atoms with Crippen LogP contribution in [-0.2, 0) is 9.53 Å². The van der Waals surface area contributed by atoms with E-state index >= 15 is 0 Å². The third-order valence-corrected chi connectivity index (χ3v) is 5.62. The number of benzene rings is 2. The first-order valence-corrected chi connectivity index (χ1v) is 11.1. The van der Waals surface area contributed by atoms with E-state index in [1.165, 1.54) is 0 Å². The molecular formula is C25H28BrNO4. The van der Waals surface area contributed by atoms with Gasteiger partial charge in [-0.15, -0.1) is 0 Å². The molecule has 0 fully saturated rings. The maximum Gasteiger partial charge on any atom is 0.244 e. The summed E-state index contributed by atoms with van der Waals surface area (Å²) in [5.41, 5.74) is 5.43. The Labute approximate surface area is 191 Å². The molecule has 6 heteroatoms. The molecule has 5 nitrogen and oxygen atoms in total. The summed E-state index contributed by atoms with van der Waals surface area (Å²) in [6.07, 6.45) is 4.17. The number of furan rings is 1. The summed E-state index contributed by atoms with van der Waals surface area (Å²) in [5, 5.41) is 3.89. The highest BCUT2D eigenvalue weighted by molar-refractivity contribution is 9.10. The number of aryl methyl sites for hydroxylation is 1. The number of methoxy groups -OCH3 is 1. The van der Waals surface area contributed by atoms with Crippen LogP contribution in [0.25, 0.3) is 27.7 Å². The second-order valence-corrected chi connectivity index (χ2v) is 8.20. The van der Waals surface area contributed by atoms with Crippen LogP contribution in [0.5, 0.6) is 5.75 Å². The molecule has 0 saturated carbocycles. The van der Waals surface area contributed by atoms with Crippen molar-refractivity contribution in [1.82, 2.24) is 5.32 Å². The molecule has 0 atom stereocenters. The molecule has 0 aliphatic heterocycles. The van der Waals surface area contributed by atoms with Gasteiger partial charge in [-0.3, -0.25) is 4.79 Å². The fraction of sp³-hybridized carbons (Fsp3) is 0.320. The molecule has 1 amide bonds. The smallest absolute Gasteiger partial charge is 0.244 e. The molecule has 0 unspecified atom stereocenters. The van der Waals surface area contributed by atoms with Crippen LogP contribution in [0.1, 0.15) is 31.4 Å². The van der Waals surface area contributed by atoms with E-state index in [9.17, 15) is 4.79 Å². The number of amides is 1. The minimum Gasteiger partial charge on any atom is -0.496 e. The third kappa shape index (κ3) is 5.38. The van der Waals surface area contributed by atoms with Gasteiger partial charge >= 0.3 is 0 Å². The number of hydrogen-bond acceptors (Lipinski definition) is 4. The quantitative estimate of drug-likeness (QED) is 0.292. The van der Waals surface area contributed by atoms with Crippen LogP contribution in [-0.4, -0.2) is 32.8 Å². The third-order valence-electron chi connectivity index (χ3n) is 5.12. The van der Waals surface area contributed by atoms with E-state index in [0.717, 1.165) is 49.7 Å². The number of rotatable bonds is 9. The fourth-order valence-corrected chi connectivity index (χ4v) is 4.01. The van der Waals surface area contributed by atoms with E-state index in [1.54, 1.807) is 19.4 Å². The summed E-state index contributed by atoms with van der Waals surface area (Å²) < 4.78 is 17.9. The molecule has 2 aromatic carbocycles. The van der Waals surface area contributed by atoms with Gasteiger partial charge in [0.05, 0.1) is 13.4 Å². The van der Waals surface area contributed by atoms with E-state index in [4.69, 9.17) is 13.9 Å². The zero-order valence-corrected chi connectivity index (χ0v) is 20.0. The van der Waals surface area contributed by atoms with E-state index < -0.39 is 0 Å². The molecular weight excluding hydrogens is 458 g/mol. The molecule has 31 heavy (non-hydrogen) atoms. The number of allylic oxidation sites excluding steroid dienone is 1. The Morgan fingerprint density at radius 1 is 1.29 bits per heavy atom. The second kappa shape index (κ2) is 10.6. The molecule has 0 bridgehead atoms. The molecule has 0 aliphatic rings. The van der Waals surface area contributed by atoms with Gasteiger partial charge in [-0.05, 0) is 56.5 Å². The largest absolute Gasteiger partial charge is 0.496 e. The van der Waals surface area contributed by atoms with Crippen molar-refractivity contribution in [3.63, 3.8) is 0 Å². The lowest BCUT2D eigenvalue weighted by Crippen LogP contribution is -2.23. The number of carbonyl (C=O) groups is 1. The van der Waals surface area contributed by atoms with Crippen molar-refractivity contribution in [3.05, 3.63) is 58.3 Å². The highest BCUT2D eigenvalue weighted by Crippen LogP contribution is 2.40. The summed E-state index contributed by atoms with van der Waals surface area (Å²) in [6.45, 7) is 7.75. The highest BCUT2D eigenvalue weighted by atomic mass is 79.9. The second-order valence-electron chi connectivity index (χ2n) is 7.29. The number of nitrogens with one attached hydrogen (secondary N) is 1. The van der Waals surface area contributed by atoms with Crippen LogP contribution < -0.4 is 10.1 Å². The van der Waals surface area contributed by atoms with Crippen LogP contribution >= 0.6 is 15.9 Å². The SMILES string of the molecule is CCOCCCNC(=O)/C=C(\C)c1cc2c(-c3cccc(Br)c3)coc2c(C)c1OC. The van der Waals surface area contributed by atoms with Crippen molar-refractivity contribution in [1.29, 1.82) is 0 Å². The van der Waals surface area contributed by atoms with Gasteiger partial charge in [-0.1, -0.05) is 28.1 Å². The van der Waals surface area contributed by atoms with Gasteiger partial charge in [-0.2, -0.15) is 0 Å². The number of fused-ring (bicyclic) bond motifs is 1. The molecule has 0 spiro atoms. The Morgan fingerprint density at radius 2 is 2.10 bits per heavy atom. The Hall–Kier alpha value is -2.57. The van der Waals surface area contributed by atoms with Gasteiger partial charge in [0.2, 0.25) is 5.91 Å². The van der Waals surface area contributed by atoms with Crippen molar-refractivity contribution in [2.75, 3.05) is 26.9 Å². The van der Waals surface area contributed by atoms with Gasteiger partial charge in [0, 0.05) is 52.4 Å². The number of ether oxygens (including phenoxy) is 2. The molecule has 0 radical (unpaired) electrons. The predicted molar refractivity (Wildman–Crippen MR) is 128 cm³/mol. The Bertz CT molecular complexity index is 1100. The molecule has 1 heterocycles. The topological polar surface area (TPSA) is 60.7 Å². The van der Waals surface area contributed by atoms with E-state index in [-0.39, 0.29) is 5.91 Å². The standard InChI is InChI=1S/C25H28BrNO4/c1-5-30-11-7-10-27-23(28)12-16(2)20-14-21-22(18-8-6-9-19(26)13-18)15-31-25(21)17(3)24(20)29-4/h6,8-9,12-15H,5,7,10-11H2,1-4H3,(H,27,28)/b16-12+. The Kier molecular flexibility index (Phi) is 7.93. The molecule has 3 aromatic rings. The van der Waals surface area contributed by atoms with Gasteiger partial charge in [0.1, 0.15) is 11.3 Å². The summed E-state index contributed by atoms with van der Waals surface area (Å²) in [7, 11) is 1.64. The lowest BCUT2D eigenvalue weighted by Gasteiger charge is -2.13. The summed E-state index contributed by atoms with van der Waals surface area (Å²) in [6, 6.07) is 10.1. The van der Waals surface area contributed by atoms with Crippen molar-refractivity contribution < 1.29 is 18.7 Å². The van der Waals surface area contributed by atoms with Crippen molar-refractivity contribution in [2.24, 2.45) is 0 Å². The lowest BCUT2D eigenvalue weighted by atomic mass is 9.96. The Morgan fingerprint density at radius 3 is 2.81 bits per heavy atom. The van der Waals surface area contributed by atoms with Gasteiger partial charge in [-0.25, -0.2) is 0 Å². The van der Waals surface area contributed by atoms with Gasteiger partial charge in [0.15, 0.2) is 0 Å². The monoisotopic (exact) mass is 485 g/mol. The summed E-state index contributed by atoms with van der Waals surface area (Å²) >= 11 is 3.54. The van der Waals surface area contributed by atoms with Crippen LogP contribution in [0, 0.1) is 6.92 Å². The van der Waals surface area contributed by atoms with Gasteiger partial charge < -0.3 is 19.2 Å². The van der Waals surface area contributed by atoms with Gasteiger partial charge in [0.25, 0.3) is 0 Å². The fourth-order valence-electron chi connectivity index (χ4n) is 3.61. The number of hydrogen-bond donors (Lipinski definition) is 1. The zero-order chi connectivity index (χ0) is 22.4. The predicted octanol–water partition coefficient (Wildman–Crippen LogP) is 6.13. The normalized spacial score (nSPS) is 11.7. The average Bonchev–Trinajstić information content (AvgIpc) is 3.18. The average molecular weight is 486 g/mol.